The summed E-state index contributed by atoms with van der Waals surface area (Å²) in [6.07, 6.45) is -4.43. The van der Waals surface area contributed by atoms with Gasteiger partial charge >= 0.3 is 5.69 Å². The second-order valence-corrected chi connectivity index (χ2v) is 6.27. The molecule has 1 aromatic rings. The van der Waals surface area contributed by atoms with Gasteiger partial charge in [0.05, 0.1) is 19.1 Å². The number of hydrogen-bond acceptors (Lipinski definition) is 9. The van der Waals surface area contributed by atoms with Crippen molar-refractivity contribution in [2.45, 2.75) is 24.5 Å². The fourth-order valence-electron chi connectivity index (χ4n) is 2.06. The predicted molar refractivity (Wildman–Crippen MR) is 69.6 cm³/mol. The lowest BCUT2D eigenvalue weighted by molar-refractivity contribution is -0.0546. The average molecular weight is 339 g/mol. The quantitative estimate of drug-likeness (QED) is 0.507. The van der Waals surface area contributed by atoms with Crippen molar-refractivity contribution in [3.8, 4) is 0 Å². The Morgan fingerprint density at radius 1 is 1.59 bits per heavy atom. The number of halogens is 1. The lowest BCUT2D eigenvalue weighted by Gasteiger charge is -2.18. The number of rotatable bonds is 4. The van der Waals surface area contributed by atoms with Gasteiger partial charge in [0.2, 0.25) is 0 Å². The van der Waals surface area contributed by atoms with Crippen LogP contribution in [0.5, 0.6) is 0 Å². The maximum absolute atomic E-state index is 13.4. The van der Waals surface area contributed by atoms with Gasteiger partial charge in [-0.25, -0.2) is 9.18 Å². The van der Waals surface area contributed by atoms with E-state index in [9.17, 15) is 27.8 Å². The van der Waals surface area contributed by atoms with E-state index in [0.717, 1.165) is 6.26 Å². The smallest absolute Gasteiger partial charge is 0.351 e. The molecule has 1 aromatic heterocycles. The van der Waals surface area contributed by atoms with E-state index in [1.54, 1.807) is 0 Å². The Labute approximate surface area is 124 Å². The van der Waals surface area contributed by atoms with Crippen LogP contribution in [0.4, 0.5) is 10.2 Å². The molecule has 12 heteroatoms. The standard InChI is InChI=1S/C10H14FN3O7S/c1-22(18,19)21-7-5(3-15)20-9(6(7)16)14-2-4(11)8(12)13-10(14)17/h2,5-7,9,15-16H,3H2,1H3,(H2,12,13,17)/t5-,6-,7+,9-/m1/s1. The largest absolute Gasteiger partial charge is 0.394 e. The predicted octanol–water partition coefficient (Wildman–Crippen LogP) is -2.44. The van der Waals surface area contributed by atoms with Gasteiger partial charge in [0.1, 0.15) is 18.3 Å². The first-order valence-electron chi connectivity index (χ1n) is 6.01. The van der Waals surface area contributed by atoms with Crippen molar-refractivity contribution in [2.75, 3.05) is 18.6 Å². The van der Waals surface area contributed by atoms with Crippen molar-refractivity contribution in [3.63, 3.8) is 0 Å². The fourth-order valence-corrected chi connectivity index (χ4v) is 2.70. The van der Waals surface area contributed by atoms with Gasteiger partial charge in [0, 0.05) is 0 Å². The summed E-state index contributed by atoms with van der Waals surface area (Å²) >= 11 is 0. The van der Waals surface area contributed by atoms with Gasteiger partial charge < -0.3 is 20.7 Å². The molecule has 2 heterocycles. The molecule has 124 valence electrons. The number of nitrogens with zero attached hydrogens (tertiary/aromatic N) is 2. The highest BCUT2D eigenvalue weighted by Gasteiger charge is 2.47. The van der Waals surface area contributed by atoms with Gasteiger partial charge in [0.15, 0.2) is 17.9 Å². The molecule has 0 unspecified atom stereocenters. The number of ether oxygens (including phenoxy) is 1. The van der Waals surface area contributed by atoms with Crippen molar-refractivity contribution in [2.24, 2.45) is 0 Å². The summed E-state index contributed by atoms with van der Waals surface area (Å²) in [7, 11) is -3.96. The highest BCUT2D eigenvalue weighted by Crippen LogP contribution is 2.31. The number of aliphatic hydroxyl groups is 2. The van der Waals surface area contributed by atoms with E-state index in [1.165, 1.54) is 0 Å². The Hall–Kier alpha value is -1.60. The summed E-state index contributed by atoms with van der Waals surface area (Å²) in [5.74, 6) is -1.65. The number of aliphatic hydroxyl groups excluding tert-OH is 2. The molecular weight excluding hydrogens is 325 g/mol. The van der Waals surface area contributed by atoms with Gasteiger partial charge in [-0.2, -0.15) is 13.4 Å². The molecule has 0 amide bonds. The molecule has 22 heavy (non-hydrogen) atoms. The van der Waals surface area contributed by atoms with E-state index in [2.05, 4.69) is 9.17 Å². The summed E-state index contributed by atoms with van der Waals surface area (Å²) in [6, 6.07) is 0. The molecule has 0 saturated carbocycles. The number of nitrogen functional groups attached to an aromatic ring is 1. The summed E-state index contributed by atoms with van der Waals surface area (Å²) in [6.45, 7) is -0.687. The first-order chi connectivity index (χ1) is 10.1. The van der Waals surface area contributed by atoms with Crippen molar-refractivity contribution in [3.05, 3.63) is 22.5 Å². The lowest BCUT2D eigenvalue weighted by Crippen LogP contribution is -2.39. The molecule has 10 nitrogen and oxygen atoms in total. The Bertz CT molecular complexity index is 722. The van der Waals surface area contributed by atoms with Crippen molar-refractivity contribution >= 4 is 15.9 Å². The Morgan fingerprint density at radius 3 is 2.77 bits per heavy atom. The van der Waals surface area contributed by atoms with E-state index in [1.807, 2.05) is 0 Å². The maximum atomic E-state index is 13.4. The number of anilines is 1. The minimum atomic E-state index is -3.96. The second-order valence-electron chi connectivity index (χ2n) is 4.67. The Balaban J connectivity index is 2.38. The molecule has 1 aliphatic rings. The zero-order chi connectivity index (χ0) is 16.7. The van der Waals surface area contributed by atoms with Crippen molar-refractivity contribution in [1.82, 2.24) is 9.55 Å². The maximum Gasteiger partial charge on any atom is 0.351 e. The molecule has 2 rings (SSSR count). The number of aromatic nitrogens is 2. The summed E-state index contributed by atoms with van der Waals surface area (Å²) in [4.78, 5) is 14.9. The molecule has 4 atom stereocenters. The molecule has 1 aliphatic heterocycles. The van der Waals surface area contributed by atoms with Gasteiger partial charge in [-0.3, -0.25) is 8.75 Å². The van der Waals surface area contributed by atoms with E-state index in [-0.39, 0.29) is 0 Å². The molecule has 0 aromatic carbocycles. The van der Waals surface area contributed by atoms with Crippen LogP contribution < -0.4 is 11.4 Å². The Morgan fingerprint density at radius 2 is 2.23 bits per heavy atom. The molecule has 0 spiro atoms. The van der Waals surface area contributed by atoms with Crippen LogP contribution in [0.25, 0.3) is 0 Å². The Kier molecular flexibility index (Phi) is 4.49. The van der Waals surface area contributed by atoms with E-state index in [4.69, 9.17) is 10.5 Å². The molecule has 0 aliphatic carbocycles. The van der Waals surface area contributed by atoms with Crippen molar-refractivity contribution in [1.29, 1.82) is 0 Å². The first kappa shape index (κ1) is 16.8. The van der Waals surface area contributed by atoms with Gasteiger partial charge in [0.25, 0.3) is 10.1 Å². The highest BCUT2D eigenvalue weighted by atomic mass is 32.2. The SMILES string of the molecule is CS(=O)(=O)O[C@@H]1[C@@H](O)[C@H](n2cc(F)c(N)nc2=O)O[C@@H]1CO. The van der Waals surface area contributed by atoms with Gasteiger partial charge in [-0.15, -0.1) is 0 Å². The van der Waals surface area contributed by atoms with E-state index < -0.39 is 58.6 Å². The second kappa shape index (κ2) is 5.89. The monoisotopic (exact) mass is 339 g/mol. The molecule has 1 saturated heterocycles. The first-order valence-corrected chi connectivity index (χ1v) is 7.82. The van der Waals surface area contributed by atoms with Gasteiger partial charge in [-0.05, 0) is 0 Å². The third kappa shape index (κ3) is 3.25. The molecule has 4 N–H and O–H groups in total. The zero-order valence-electron chi connectivity index (χ0n) is 11.3. The minimum absolute atomic E-state index is 0.602. The van der Waals surface area contributed by atoms with Crippen LogP contribution in [0.15, 0.2) is 11.0 Å². The lowest BCUT2D eigenvalue weighted by atomic mass is 10.1. The van der Waals surface area contributed by atoms with Crippen LogP contribution in [0.3, 0.4) is 0 Å². The van der Waals surface area contributed by atoms with Crippen molar-refractivity contribution < 1.29 is 31.9 Å². The number of nitrogens with two attached hydrogens (primary N) is 1. The van der Waals surface area contributed by atoms with Crippen LogP contribution in [0.1, 0.15) is 6.23 Å². The normalized spacial score (nSPS) is 28.9. The molecular formula is C10H14FN3O7S. The highest BCUT2D eigenvalue weighted by molar-refractivity contribution is 7.86. The van der Waals surface area contributed by atoms with Crippen LogP contribution in [-0.4, -0.2) is 59.4 Å². The van der Waals surface area contributed by atoms with Gasteiger partial charge in [-0.1, -0.05) is 0 Å². The molecule has 0 radical (unpaired) electrons. The minimum Gasteiger partial charge on any atom is -0.394 e. The topological polar surface area (TPSA) is 154 Å². The zero-order valence-corrected chi connectivity index (χ0v) is 12.1. The van der Waals surface area contributed by atoms with Crippen LogP contribution >= 0.6 is 0 Å². The third-order valence-electron chi connectivity index (χ3n) is 2.98. The molecule has 1 fully saturated rings. The number of hydrogen-bond donors (Lipinski definition) is 3. The van der Waals surface area contributed by atoms with Crippen LogP contribution in [0, 0.1) is 5.82 Å². The van der Waals surface area contributed by atoms with Crippen LogP contribution in [0.2, 0.25) is 0 Å². The molecule has 0 bridgehead atoms. The summed E-state index contributed by atoms with van der Waals surface area (Å²) < 4.78 is 46.2. The average Bonchev–Trinajstić information content (AvgIpc) is 2.69. The third-order valence-corrected chi connectivity index (χ3v) is 3.56. The van der Waals surface area contributed by atoms with Crippen LogP contribution in [-0.2, 0) is 19.0 Å². The van der Waals surface area contributed by atoms with E-state index >= 15 is 0 Å². The fraction of sp³-hybridized carbons (Fsp3) is 0.600. The van der Waals surface area contributed by atoms with E-state index in [0.29, 0.717) is 10.8 Å². The summed E-state index contributed by atoms with van der Waals surface area (Å²) in [5.41, 5.74) is 4.13. The summed E-state index contributed by atoms with van der Waals surface area (Å²) in [5, 5.41) is 19.3.